The lowest BCUT2D eigenvalue weighted by Gasteiger charge is -2.33. The summed E-state index contributed by atoms with van der Waals surface area (Å²) in [6.45, 7) is 1.40. The molecule has 0 heterocycles. The van der Waals surface area contributed by atoms with E-state index in [-0.39, 0.29) is 11.5 Å². The molecule has 0 spiro atoms. The monoisotopic (exact) mass is 458 g/mol. The molecule has 0 aromatic heterocycles. The van der Waals surface area contributed by atoms with Crippen molar-refractivity contribution in [1.82, 2.24) is 5.32 Å². The van der Waals surface area contributed by atoms with Crippen molar-refractivity contribution in [3.8, 4) is 0 Å². The number of nitrogens with one attached hydrogen (secondary N) is 2. The van der Waals surface area contributed by atoms with Gasteiger partial charge < -0.3 is 20.8 Å². The van der Waals surface area contributed by atoms with E-state index in [2.05, 4.69) is 23.3 Å². The Bertz CT molecular complexity index is 964. The number of thiol groups is 1. The summed E-state index contributed by atoms with van der Waals surface area (Å²) in [6.07, 6.45) is -0.546. The van der Waals surface area contributed by atoms with Crippen LogP contribution >= 0.6 is 12.6 Å². The smallest absolute Gasteiger partial charge is 0.350 e. The Balaban J connectivity index is 2.31. The first-order valence-electron chi connectivity index (χ1n) is 9.98. The molecular weight excluding hydrogens is 432 g/mol. The van der Waals surface area contributed by atoms with E-state index < -0.39 is 42.3 Å². The van der Waals surface area contributed by atoms with Crippen molar-refractivity contribution in [2.24, 2.45) is 5.92 Å². The van der Waals surface area contributed by atoms with E-state index in [9.17, 15) is 24.3 Å². The molecule has 2 aromatic rings. The van der Waals surface area contributed by atoms with Gasteiger partial charge in [0, 0.05) is 29.8 Å². The molecule has 2 atom stereocenters. The molecule has 1 amide bonds. The number of carboxylic acid groups (broad SMARTS) is 2. The quantitative estimate of drug-likeness (QED) is 0.188. The number of carboxylic acids is 2. The zero-order valence-corrected chi connectivity index (χ0v) is 18.5. The van der Waals surface area contributed by atoms with Gasteiger partial charge in [-0.15, -0.1) is 0 Å². The van der Waals surface area contributed by atoms with Crippen LogP contribution in [0.15, 0.2) is 54.6 Å². The first kappa shape index (κ1) is 24.9. The van der Waals surface area contributed by atoms with Gasteiger partial charge in [0.1, 0.15) is 0 Å². The fraction of sp³-hybridized carbons (Fsp3) is 0.304. The van der Waals surface area contributed by atoms with Crippen LogP contribution in [0.3, 0.4) is 0 Å². The lowest BCUT2D eigenvalue weighted by Crippen LogP contribution is -2.61. The maximum Gasteiger partial charge on any atom is 0.350 e. The molecule has 0 saturated carbocycles. The Morgan fingerprint density at radius 1 is 1.00 bits per heavy atom. The molecule has 0 aliphatic heterocycles. The van der Waals surface area contributed by atoms with Crippen LogP contribution in [0.2, 0.25) is 0 Å². The Morgan fingerprint density at radius 2 is 1.62 bits per heavy atom. The number of ketones is 1. The van der Waals surface area contributed by atoms with Crippen LogP contribution in [0.4, 0.5) is 5.69 Å². The summed E-state index contributed by atoms with van der Waals surface area (Å²) in [4.78, 5) is 48.0. The van der Waals surface area contributed by atoms with E-state index >= 15 is 0 Å². The highest BCUT2D eigenvalue weighted by Crippen LogP contribution is 2.22. The third kappa shape index (κ3) is 6.84. The van der Waals surface area contributed by atoms with E-state index in [1.807, 2.05) is 30.3 Å². The van der Waals surface area contributed by atoms with Gasteiger partial charge in [-0.3, -0.25) is 14.4 Å². The molecule has 0 fully saturated rings. The molecule has 2 rings (SSSR count). The van der Waals surface area contributed by atoms with Gasteiger partial charge in [-0.1, -0.05) is 30.3 Å². The number of anilines is 1. The average molecular weight is 459 g/mol. The van der Waals surface area contributed by atoms with Gasteiger partial charge in [0.15, 0.2) is 5.78 Å². The third-order valence-electron chi connectivity index (χ3n) is 4.98. The van der Waals surface area contributed by atoms with Gasteiger partial charge in [-0.25, -0.2) is 4.79 Å². The van der Waals surface area contributed by atoms with Gasteiger partial charge >= 0.3 is 11.9 Å². The SMILES string of the molecule is CC(=O)c1ccc(N[C@@](CCC(=O)O)(NC(=O)C(CS)Cc2ccccc2)C(=O)O)cc1. The molecule has 0 radical (unpaired) electrons. The van der Waals surface area contributed by atoms with Crippen molar-refractivity contribution in [1.29, 1.82) is 0 Å². The zero-order valence-electron chi connectivity index (χ0n) is 17.6. The molecule has 0 aliphatic carbocycles. The molecule has 2 aromatic carbocycles. The van der Waals surface area contributed by atoms with E-state index in [0.717, 1.165) is 5.56 Å². The van der Waals surface area contributed by atoms with Crippen LogP contribution in [0.25, 0.3) is 0 Å². The highest BCUT2D eigenvalue weighted by Gasteiger charge is 2.41. The van der Waals surface area contributed by atoms with E-state index in [4.69, 9.17) is 5.11 Å². The van der Waals surface area contributed by atoms with Crippen molar-refractivity contribution in [2.45, 2.75) is 31.8 Å². The van der Waals surface area contributed by atoms with Gasteiger partial charge in [-0.05, 0) is 43.2 Å². The number of hydrogen-bond acceptors (Lipinski definition) is 6. The van der Waals surface area contributed by atoms with Gasteiger partial charge in [0.05, 0.1) is 5.92 Å². The van der Waals surface area contributed by atoms with Gasteiger partial charge in [-0.2, -0.15) is 12.6 Å². The number of aliphatic carboxylic acids is 2. The topological polar surface area (TPSA) is 133 Å². The van der Waals surface area contributed by atoms with Crippen LogP contribution in [-0.2, 0) is 20.8 Å². The molecule has 4 N–H and O–H groups in total. The maximum absolute atomic E-state index is 13.0. The minimum Gasteiger partial charge on any atom is -0.481 e. The second kappa shape index (κ2) is 11.3. The minimum absolute atomic E-state index is 0.155. The summed E-state index contributed by atoms with van der Waals surface area (Å²) < 4.78 is 0. The largest absolute Gasteiger partial charge is 0.481 e. The fourth-order valence-electron chi connectivity index (χ4n) is 3.15. The van der Waals surface area contributed by atoms with Crippen LogP contribution in [-0.4, -0.2) is 45.3 Å². The molecule has 32 heavy (non-hydrogen) atoms. The summed E-state index contributed by atoms with van der Waals surface area (Å²) in [5.41, 5.74) is -0.427. The van der Waals surface area contributed by atoms with Crippen LogP contribution in [0.5, 0.6) is 0 Å². The van der Waals surface area contributed by atoms with Crippen LogP contribution in [0, 0.1) is 5.92 Å². The molecule has 0 bridgehead atoms. The maximum atomic E-state index is 13.0. The second-order valence-electron chi connectivity index (χ2n) is 7.42. The number of hydrogen-bond donors (Lipinski definition) is 5. The molecule has 0 saturated heterocycles. The molecule has 9 heteroatoms. The third-order valence-corrected chi connectivity index (χ3v) is 5.42. The van der Waals surface area contributed by atoms with Gasteiger partial charge in [0.2, 0.25) is 11.6 Å². The Morgan fingerprint density at radius 3 is 2.12 bits per heavy atom. The summed E-state index contributed by atoms with van der Waals surface area (Å²) in [7, 11) is 0. The number of carbonyl (C=O) groups is 4. The van der Waals surface area contributed by atoms with Crippen molar-refractivity contribution < 1.29 is 29.4 Å². The Hall–Kier alpha value is -3.33. The predicted molar refractivity (Wildman–Crippen MR) is 123 cm³/mol. The van der Waals surface area contributed by atoms with Gasteiger partial charge in [0.25, 0.3) is 0 Å². The minimum atomic E-state index is -2.06. The van der Waals surface area contributed by atoms with Crippen molar-refractivity contribution in [2.75, 3.05) is 11.1 Å². The molecular formula is C23H26N2O6S. The highest BCUT2D eigenvalue weighted by molar-refractivity contribution is 7.80. The molecule has 0 aliphatic rings. The normalized spacial score (nSPS) is 13.4. The summed E-state index contributed by atoms with van der Waals surface area (Å²) in [6, 6.07) is 15.3. The molecule has 1 unspecified atom stereocenters. The van der Waals surface area contributed by atoms with Crippen LogP contribution in [0.1, 0.15) is 35.7 Å². The van der Waals surface area contributed by atoms with Crippen molar-refractivity contribution >= 4 is 41.9 Å². The average Bonchev–Trinajstić information content (AvgIpc) is 2.76. The zero-order chi connectivity index (χ0) is 23.7. The second-order valence-corrected chi connectivity index (χ2v) is 7.79. The first-order chi connectivity index (χ1) is 15.2. The predicted octanol–water partition coefficient (Wildman–Crippen LogP) is 2.85. The number of amides is 1. The number of carbonyl (C=O) groups excluding carboxylic acids is 2. The fourth-order valence-corrected chi connectivity index (χ4v) is 3.45. The molecule has 8 nitrogen and oxygen atoms in total. The standard InChI is InChI=1S/C23H26N2O6S/c1-15(26)17-7-9-19(10-8-17)24-23(22(30)31,12-11-20(27)28)25-21(29)18(14-32)13-16-5-3-2-4-6-16/h2-10,18,24,32H,11-14H2,1H3,(H,25,29)(H,27,28)(H,30,31)/t18?,23-/m0/s1. The summed E-state index contributed by atoms with van der Waals surface area (Å²) in [5.74, 6) is -3.81. The number of Topliss-reactive ketones (excluding diaryl/α,β-unsaturated/α-hetero) is 1. The van der Waals surface area contributed by atoms with Crippen LogP contribution < -0.4 is 10.6 Å². The molecule has 170 valence electrons. The number of rotatable bonds is 12. The summed E-state index contributed by atoms with van der Waals surface area (Å²) in [5, 5.41) is 24.4. The lowest BCUT2D eigenvalue weighted by molar-refractivity contribution is -0.148. The van der Waals surface area contributed by atoms with Crippen molar-refractivity contribution in [3.63, 3.8) is 0 Å². The van der Waals surface area contributed by atoms with E-state index in [0.29, 0.717) is 17.7 Å². The van der Waals surface area contributed by atoms with Crippen molar-refractivity contribution in [3.05, 3.63) is 65.7 Å². The summed E-state index contributed by atoms with van der Waals surface area (Å²) >= 11 is 4.25. The first-order valence-corrected chi connectivity index (χ1v) is 10.6. The number of benzene rings is 2. The Labute approximate surface area is 191 Å². The highest BCUT2D eigenvalue weighted by atomic mass is 32.1. The lowest BCUT2D eigenvalue weighted by atomic mass is 9.97. The van der Waals surface area contributed by atoms with E-state index in [1.165, 1.54) is 31.2 Å². The Kier molecular flexibility index (Phi) is 8.83. The van der Waals surface area contributed by atoms with E-state index in [1.54, 1.807) is 0 Å².